The molecule has 0 spiro atoms. The van der Waals surface area contributed by atoms with Crippen LogP contribution in [0.5, 0.6) is 5.75 Å². The van der Waals surface area contributed by atoms with Gasteiger partial charge in [0.25, 0.3) is 5.91 Å². The number of ether oxygens (including phenoxy) is 1. The third-order valence-electron chi connectivity index (χ3n) is 4.34. The largest absolute Gasteiger partial charge is 0.494 e. The third kappa shape index (κ3) is 4.16. The van der Waals surface area contributed by atoms with Crippen molar-refractivity contribution in [3.05, 3.63) is 52.2 Å². The van der Waals surface area contributed by atoms with Crippen LogP contribution in [0.15, 0.2) is 41.8 Å². The van der Waals surface area contributed by atoms with E-state index in [-0.39, 0.29) is 11.9 Å². The molecule has 2 heterocycles. The number of carbonyl (C=O) groups is 1. The van der Waals surface area contributed by atoms with Crippen molar-refractivity contribution < 1.29 is 9.53 Å². The Morgan fingerprint density at radius 2 is 2.00 bits per heavy atom. The van der Waals surface area contributed by atoms with Crippen molar-refractivity contribution >= 4 is 17.2 Å². The second-order valence-corrected chi connectivity index (χ2v) is 6.92. The predicted molar refractivity (Wildman–Crippen MR) is 97.8 cm³/mol. The van der Waals surface area contributed by atoms with Crippen molar-refractivity contribution in [3.8, 4) is 5.75 Å². The number of benzene rings is 1. The van der Waals surface area contributed by atoms with E-state index in [0.717, 1.165) is 18.8 Å². The van der Waals surface area contributed by atoms with Crippen LogP contribution in [0.1, 0.15) is 41.0 Å². The minimum Gasteiger partial charge on any atom is -0.494 e. The smallest absolute Gasteiger partial charge is 0.251 e. The lowest BCUT2D eigenvalue weighted by Crippen LogP contribution is -2.36. The zero-order valence-corrected chi connectivity index (χ0v) is 14.8. The van der Waals surface area contributed by atoms with E-state index in [1.54, 1.807) is 11.3 Å². The molecule has 1 aliphatic heterocycles. The summed E-state index contributed by atoms with van der Waals surface area (Å²) < 4.78 is 5.42. The normalized spacial score (nSPS) is 16.0. The Balaban J connectivity index is 1.62. The molecule has 5 heteroatoms. The summed E-state index contributed by atoms with van der Waals surface area (Å²) in [4.78, 5) is 16.2. The van der Waals surface area contributed by atoms with Crippen LogP contribution < -0.4 is 10.1 Å². The molecular formula is C19H24N2O2S. The summed E-state index contributed by atoms with van der Waals surface area (Å²) in [6, 6.07) is 11.8. The molecule has 1 aromatic heterocycles. The van der Waals surface area contributed by atoms with Gasteiger partial charge in [-0.15, -0.1) is 11.3 Å². The summed E-state index contributed by atoms with van der Waals surface area (Å²) in [5.41, 5.74) is 0.671. The van der Waals surface area contributed by atoms with Crippen LogP contribution in [0.3, 0.4) is 0 Å². The molecular weight excluding hydrogens is 320 g/mol. The molecule has 4 nitrogen and oxygen atoms in total. The van der Waals surface area contributed by atoms with E-state index in [0.29, 0.717) is 18.7 Å². The molecule has 1 aliphatic rings. The minimum absolute atomic E-state index is 0.0289. The Kier molecular flexibility index (Phi) is 5.88. The first kappa shape index (κ1) is 17.0. The van der Waals surface area contributed by atoms with Gasteiger partial charge in [-0.05, 0) is 68.6 Å². The van der Waals surface area contributed by atoms with Crippen LogP contribution in [-0.2, 0) is 0 Å². The number of nitrogens with zero attached hydrogens (tertiary/aromatic N) is 1. The summed E-state index contributed by atoms with van der Waals surface area (Å²) in [7, 11) is 0. The zero-order chi connectivity index (χ0) is 16.8. The third-order valence-corrected chi connectivity index (χ3v) is 5.31. The van der Waals surface area contributed by atoms with Crippen LogP contribution in [0, 0.1) is 0 Å². The van der Waals surface area contributed by atoms with E-state index in [1.807, 2.05) is 31.2 Å². The second-order valence-electron chi connectivity index (χ2n) is 5.94. The molecule has 1 amide bonds. The maximum absolute atomic E-state index is 12.4. The summed E-state index contributed by atoms with van der Waals surface area (Å²) in [5.74, 6) is 0.765. The van der Waals surface area contributed by atoms with Gasteiger partial charge in [0, 0.05) is 17.0 Å². The van der Waals surface area contributed by atoms with Gasteiger partial charge >= 0.3 is 0 Å². The topological polar surface area (TPSA) is 41.6 Å². The zero-order valence-electron chi connectivity index (χ0n) is 14.0. The van der Waals surface area contributed by atoms with E-state index in [4.69, 9.17) is 4.74 Å². The van der Waals surface area contributed by atoms with E-state index >= 15 is 0 Å². The maximum Gasteiger partial charge on any atom is 0.251 e. The van der Waals surface area contributed by atoms with E-state index in [9.17, 15) is 4.79 Å². The predicted octanol–water partition coefficient (Wildman–Crippen LogP) is 3.71. The molecule has 0 saturated carbocycles. The summed E-state index contributed by atoms with van der Waals surface area (Å²) in [5, 5.41) is 5.20. The Morgan fingerprint density at radius 1 is 1.25 bits per heavy atom. The highest BCUT2D eigenvalue weighted by atomic mass is 32.1. The Hall–Kier alpha value is -1.85. The molecule has 0 bridgehead atoms. The lowest BCUT2D eigenvalue weighted by Gasteiger charge is -2.26. The van der Waals surface area contributed by atoms with Crippen LogP contribution in [0.25, 0.3) is 0 Å². The highest BCUT2D eigenvalue weighted by Gasteiger charge is 2.24. The van der Waals surface area contributed by atoms with Crippen LogP contribution in [0.2, 0.25) is 0 Å². The van der Waals surface area contributed by atoms with Gasteiger partial charge in [-0.25, -0.2) is 0 Å². The van der Waals surface area contributed by atoms with Gasteiger partial charge in [0.05, 0.1) is 12.6 Å². The highest BCUT2D eigenvalue weighted by molar-refractivity contribution is 7.10. The fraction of sp³-hybridized carbons (Fsp3) is 0.421. The number of likely N-dealkylation sites (tertiary alicyclic amines) is 1. The highest BCUT2D eigenvalue weighted by Crippen LogP contribution is 2.27. The molecule has 2 aromatic rings. The van der Waals surface area contributed by atoms with E-state index in [2.05, 4.69) is 27.7 Å². The molecule has 1 atom stereocenters. The molecule has 0 unspecified atom stereocenters. The number of rotatable bonds is 7. The molecule has 3 rings (SSSR count). The Bertz CT molecular complexity index is 634. The monoisotopic (exact) mass is 344 g/mol. The molecule has 0 aliphatic carbocycles. The van der Waals surface area contributed by atoms with Crippen LogP contribution >= 0.6 is 11.3 Å². The van der Waals surface area contributed by atoms with E-state index in [1.165, 1.54) is 17.7 Å². The molecule has 24 heavy (non-hydrogen) atoms. The van der Waals surface area contributed by atoms with Gasteiger partial charge in [0.15, 0.2) is 0 Å². The summed E-state index contributed by atoms with van der Waals surface area (Å²) >= 11 is 1.76. The minimum atomic E-state index is -0.0289. The Labute approximate surface area is 147 Å². The van der Waals surface area contributed by atoms with Crippen molar-refractivity contribution in [1.29, 1.82) is 0 Å². The number of amides is 1. The van der Waals surface area contributed by atoms with Gasteiger partial charge in [0.1, 0.15) is 5.75 Å². The average molecular weight is 344 g/mol. The lowest BCUT2D eigenvalue weighted by molar-refractivity contribution is 0.0938. The number of hydrogen-bond acceptors (Lipinski definition) is 4. The maximum atomic E-state index is 12.4. The van der Waals surface area contributed by atoms with Gasteiger partial charge < -0.3 is 10.1 Å². The number of hydrogen-bond donors (Lipinski definition) is 1. The molecule has 1 aromatic carbocycles. The van der Waals surface area contributed by atoms with Gasteiger partial charge in [-0.1, -0.05) is 6.07 Å². The first-order chi connectivity index (χ1) is 11.8. The molecule has 0 radical (unpaired) electrons. The molecule has 128 valence electrons. The number of nitrogens with one attached hydrogen (secondary N) is 1. The van der Waals surface area contributed by atoms with Crippen molar-refractivity contribution in [2.24, 2.45) is 0 Å². The summed E-state index contributed by atoms with van der Waals surface area (Å²) in [6.07, 6.45) is 2.49. The molecule has 1 saturated heterocycles. The SMILES string of the molecule is CCOc1ccc(C(=O)NC[C@H](c2cccs2)N2CCCC2)cc1. The van der Waals surface area contributed by atoms with Gasteiger partial charge in [0.2, 0.25) is 0 Å². The molecule has 1 fully saturated rings. The standard InChI is InChI=1S/C19H24N2O2S/c1-2-23-16-9-7-15(8-10-16)19(22)20-14-17(18-6-5-13-24-18)21-11-3-4-12-21/h5-10,13,17H,2-4,11-12,14H2,1H3,(H,20,22)/t17-/m1/s1. The first-order valence-corrected chi connectivity index (χ1v) is 9.44. The quantitative estimate of drug-likeness (QED) is 0.832. The number of thiophene rings is 1. The Morgan fingerprint density at radius 3 is 2.62 bits per heavy atom. The lowest BCUT2D eigenvalue weighted by atomic mass is 10.1. The van der Waals surface area contributed by atoms with Crippen LogP contribution in [0.4, 0.5) is 0 Å². The average Bonchev–Trinajstić information content (AvgIpc) is 3.30. The fourth-order valence-electron chi connectivity index (χ4n) is 3.10. The number of carbonyl (C=O) groups excluding carboxylic acids is 1. The summed E-state index contributed by atoms with van der Waals surface area (Å²) in [6.45, 7) is 5.45. The van der Waals surface area contributed by atoms with E-state index < -0.39 is 0 Å². The first-order valence-electron chi connectivity index (χ1n) is 8.56. The van der Waals surface area contributed by atoms with Crippen molar-refractivity contribution in [2.45, 2.75) is 25.8 Å². The second kappa shape index (κ2) is 8.31. The molecule has 1 N–H and O–H groups in total. The van der Waals surface area contributed by atoms with Crippen LogP contribution in [-0.4, -0.2) is 37.0 Å². The van der Waals surface area contributed by atoms with Crippen molar-refractivity contribution in [3.63, 3.8) is 0 Å². The van der Waals surface area contributed by atoms with Crippen molar-refractivity contribution in [2.75, 3.05) is 26.2 Å². The fourth-order valence-corrected chi connectivity index (χ4v) is 3.97. The van der Waals surface area contributed by atoms with Crippen molar-refractivity contribution in [1.82, 2.24) is 10.2 Å². The van der Waals surface area contributed by atoms with Gasteiger partial charge in [-0.3, -0.25) is 9.69 Å². The van der Waals surface area contributed by atoms with Gasteiger partial charge in [-0.2, -0.15) is 0 Å².